The van der Waals surface area contributed by atoms with Crippen LogP contribution in [0, 0.1) is 0 Å². The molecule has 1 aromatic carbocycles. The Morgan fingerprint density at radius 1 is 1.24 bits per heavy atom. The number of guanidine groups is 1. The maximum absolute atomic E-state index is 6.00. The summed E-state index contributed by atoms with van der Waals surface area (Å²) < 4.78 is 6.00. The summed E-state index contributed by atoms with van der Waals surface area (Å²) in [6, 6.07) is 8.82. The van der Waals surface area contributed by atoms with Gasteiger partial charge in [-0.05, 0) is 44.4 Å². The Morgan fingerprint density at radius 3 is 2.76 bits per heavy atom. The second kappa shape index (κ2) is 9.09. The molecule has 0 radical (unpaired) electrons. The van der Waals surface area contributed by atoms with Crippen LogP contribution in [-0.4, -0.2) is 55.7 Å². The molecule has 1 saturated heterocycles. The molecule has 25 heavy (non-hydrogen) atoms. The molecule has 5 heteroatoms. The van der Waals surface area contributed by atoms with Crippen molar-refractivity contribution in [3.63, 3.8) is 0 Å². The fraction of sp³-hybridized carbons (Fsp3) is 0.650. The molecule has 5 nitrogen and oxygen atoms in total. The Labute approximate surface area is 151 Å². The summed E-state index contributed by atoms with van der Waals surface area (Å²) >= 11 is 0. The number of nitrogens with zero attached hydrogens (tertiary/aromatic N) is 2. The van der Waals surface area contributed by atoms with Crippen molar-refractivity contribution in [2.24, 2.45) is 4.99 Å². The maximum atomic E-state index is 6.00. The van der Waals surface area contributed by atoms with Crippen molar-refractivity contribution in [3.8, 4) is 5.75 Å². The highest BCUT2D eigenvalue weighted by molar-refractivity contribution is 5.80. The van der Waals surface area contributed by atoms with Gasteiger partial charge in [-0.25, -0.2) is 4.99 Å². The molecule has 1 fully saturated rings. The molecule has 0 saturated carbocycles. The molecule has 3 rings (SSSR count). The quantitative estimate of drug-likeness (QED) is 0.615. The van der Waals surface area contributed by atoms with Gasteiger partial charge in [0.2, 0.25) is 0 Å². The third kappa shape index (κ3) is 5.11. The summed E-state index contributed by atoms with van der Waals surface area (Å²) in [6.45, 7) is 9.54. The zero-order chi connectivity index (χ0) is 17.5. The van der Waals surface area contributed by atoms with Crippen LogP contribution in [0.1, 0.15) is 38.7 Å². The average molecular weight is 345 g/mol. The van der Waals surface area contributed by atoms with E-state index in [0.29, 0.717) is 12.6 Å². The van der Waals surface area contributed by atoms with Gasteiger partial charge in [0.1, 0.15) is 11.9 Å². The molecule has 2 aliphatic rings. The lowest BCUT2D eigenvalue weighted by atomic mass is 10.1. The Hall–Kier alpha value is -1.75. The number of fused-ring (bicyclic) bond motifs is 1. The van der Waals surface area contributed by atoms with E-state index in [4.69, 9.17) is 9.73 Å². The molecule has 0 bridgehead atoms. The van der Waals surface area contributed by atoms with Crippen molar-refractivity contribution in [1.82, 2.24) is 15.5 Å². The van der Waals surface area contributed by atoms with Crippen molar-refractivity contribution >= 4 is 5.96 Å². The molecule has 1 atom stereocenters. The maximum Gasteiger partial charge on any atom is 0.191 e. The first-order chi connectivity index (χ1) is 12.3. The molecule has 138 valence electrons. The highest BCUT2D eigenvalue weighted by atomic mass is 16.5. The molecule has 2 aliphatic heterocycles. The zero-order valence-electron chi connectivity index (χ0n) is 15.6. The van der Waals surface area contributed by atoms with Gasteiger partial charge in [0.05, 0.1) is 6.54 Å². The van der Waals surface area contributed by atoms with Gasteiger partial charge >= 0.3 is 0 Å². The number of aliphatic imine (C=N–C) groups is 1. The van der Waals surface area contributed by atoms with E-state index in [1.54, 1.807) is 0 Å². The van der Waals surface area contributed by atoms with Crippen LogP contribution in [0.25, 0.3) is 0 Å². The first-order valence-electron chi connectivity index (χ1n) is 9.80. The van der Waals surface area contributed by atoms with E-state index in [0.717, 1.165) is 24.7 Å². The monoisotopic (exact) mass is 344 g/mol. The number of hydrogen-bond donors (Lipinski definition) is 2. The highest BCUT2D eigenvalue weighted by Crippen LogP contribution is 2.28. The molecule has 0 aromatic heterocycles. The second-order valence-corrected chi connectivity index (χ2v) is 7.03. The van der Waals surface area contributed by atoms with Gasteiger partial charge in [0.15, 0.2) is 5.96 Å². The van der Waals surface area contributed by atoms with Crippen LogP contribution in [0.15, 0.2) is 29.3 Å². The van der Waals surface area contributed by atoms with Gasteiger partial charge in [-0.1, -0.05) is 25.1 Å². The minimum atomic E-state index is 0.152. The number of piperidine rings is 1. The molecular formula is C20H32N4O. The number of benzene rings is 1. The number of para-hydroxylation sites is 1. The third-order valence-electron chi connectivity index (χ3n) is 4.98. The zero-order valence-corrected chi connectivity index (χ0v) is 15.6. The SMILES string of the molecule is CCCN1CCC(NC(=NCC2Cc3ccccc3O2)NCC)CC1. The number of likely N-dealkylation sites (tertiary alicyclic amines) is 1. The average Bonchev–Trinajstić information content (AvgIpc) is 3.05. The van der Waals surface area contributed by atoms with Crippen molar-refractivity contribution in [3.05, 3.63) is 29.8 Å². The van der Waals surface area contributed by atoms with E-state index in [-0.39, 0.29) is 6.10 Å². The van der Waals surface area contributed by atoms with Crippen LogP contribution in [0.4, 0.5) is 0 Å². The van der Waals surface area contributed by atoms with E-state index in [9.17, 15) is 0 Å². The molecule has 0 spiro atoms. The summed E-state index contributed by atoms with van der Waals surface area (Å²) in [4.78, 5) is 7.35. The Morgan fingerprint density at radius 2 is 2.04 bits per heavy atom. The second-order valence-electron chi connectivity index (χ2n) is 7.03. The molecule has 2 heterocycles. The van der Waals surface area contributed by atoms with E-state index < -0.39 is 0 Å². The standard InChI is InChI=1S/C20H32N4O/c1-3-11-24-12-9-17(10-13-24)23-20(21-4-2)22-15-18-14-16-7-5-6-8-19(16)25-18/h5-8,17-18H,3-4,9-15H2,1-2H3,(H2,21,22,23). The number of ether oxygens (including phenoxy) is 1. The molecule has 1 unspecified atom stereocenters. The van der Waals surface area contributed by atoms with E-state index in [1.807, 2.05) is 12.1 Å². The molecule has 1 aromatic rings. The van der Waals surface area contributed by atoms with Crippen LogP contribution < -0.4 is 15.4 Å². The van der Waals surface area contributed by atoms with Crippen LogP contribution in [-0.2, 0) is 6.42 Å². The van der Waals surface area contributed by atoms with Crippen molar-refractivity contribution in [2.45, 2.75) is 51.7 Å². The topological polar surface area (TPSA) is 48.9 Å². The van der Waals surface area contributed by atoms with Crippen molar-refractivity contribution < 1.29 is 4.74 Å². The van der Waals surface area contributed by atoms with Crippen molar-refractivity contribution in [2.75, 3.05) is 32.7 Å². The van der Waals surface area contributed by atoms with Gasteiger partial charge < -0.3 is 20.3 Å². The lowest BCUT2D eigenvalue weighted by Gasteiger charge is -2.32. The predicted octanol–water partition coefficient (Wildman–Crippen LogP) is 2.42. The normalized spacial score (nSPS) is 21.7. The lowest BCUT2D eigenvalue weighted by molar-refractivity contribution is 0.206. The largest absolute Gasteiger partial charge is 0.488 e. The number of nitrogens with one attached hydrogen (secondary N) is 2. The minimum Gasteiger partial charge on any atom is -0.488 e. The third-order valence-corrected chi connectivity index (χ3v) is 4.98. The Bertz CT molecular complexity index is 542. The lowest BCUT2D eigenvalue weighted by Crippen LogP contribution is -2.49. The Kier molecular flexibility index (Phi) is 6.56. The smallest absolute Gasteiger partial charge is 0.191 e. The highest BCUT2D eigenvalue weighted by Gasteiger charge is 2.23. The van der Waals surface area contributed by atoms with Crippen LogP contribution in [0.5, 0.6) is 5.75 Å². The van der Waals surface area contributed by atoms with Crippen LogP contribution >= 0.6 is 0 Å². The first-order valence-corrected chi connectivity index (χ1v) is 9.80. The molecular weight excluding hydrogens is 312 g/mol. The summed E-state index contributed by atoms with van der Waals surface area (Å²) in [5.41, 5.74) is 1.30. The van der Waals surface area contributed by atoms with Crippen LogP contribution in [0.3, 0.4) is 0 Å². The Balaban J connectivity index is 1.49. The fourth-order valence-electron chi connectivity index (χ4n) is 3.68. The van der Waals surface area contributed by atoms with Gasteiger partial charge in [-0.2, -0.15) is 0 Å². The number of rotatable bonds is 6. The number of hydrogen-bond acceptors (Lipinski definition) is 3. The van der Waals surface area contributed by atoms with Crippen LogP contribution in [0.2, 0.25) is 0 Å². The summed E-state index contributed by atoms with van der Waals surface area (Å²) in [5, 5.41) is 7.00. The fourth-order valence-corrected chi connectivity index (χ4v) is 3.68. The minimum absolute atomic E-state index is 0.152. The van der Waals surface area contributed by atoms with E-state index in [2.05, 4.69) is 41.5 Å². The van der Waals surface area contributed by atoms with Crippen molar-refractivity contribution in [1.29, 1.82) is 0 Å². The van der Waals surface area contributed by atoms with E-state index >= 15 is 0 Å². The van der Waals surface area contributed by atoms with Gasteiger partial charge in [0.25, 0.3) is 0 Å². The predicted molar refractivity (Wildman–Crippen MR) is 103 cm³/mol. The molecule has 0 amide bonds. The van der Waals surface area contributed by atoms with Gasteiger partial charge in [-0.3, -0.25) is 0 Å². The summed E-state index contributed by atoms with van der Waals surface area (Å²) in [5.74, 6) is 1.94. The summed E-state index contributed by atoms with van der Waals surface area (Å²) in [7, 11) is 0. The van der Waals surface area contributed by atoms with Gasteiger partial charge in [0, 0.05) is 32.1 Å². The van der Waals surface area contributed by atoms with Gasteiger partial charge in [-0.15, -0.1) is 0 Å². The summed E-state index contributed by atoms with van der Waals surface area (Å²) in [6.07, 6.45) is 4.73. The van der Waals surface area contributed by atoms with E-state index in [1.165, 1.54) is 44.5 Å². The molecule has 0 aliphatic carbocycles. The first kappa shape index (κ1) is 18.1. The molecule has 2 N–H and O–H groups in total.